The van der Waals surface area contributed by atoms with Crippen molar-refractivity contribution in [2.24, 2.45) is 0 Å². The SMILES string of the molecule is ClC1(Cl)C=C(c2ccccc2)C(Cl)(Cl)C(Cl)(Cl)C1(Cl)Cl. The van der Waals surface area contributed by atoms with Crippen LogP contribution >= 0.6 is 92.8 Å². The van der Waals surface area contributed by atoms with Crippen molar-refractivity contribution in [3.63, 3.8) is 0 Å². The minimum atomic E-state index is -2.05. The first kappa shape index (κ1) is 17.6. The number of halogens is 8. The number of alkyl halides is 8. The lowest BCUT2D eigenvalue weighted by Crippen LogP contribution is -2.60. The van der Waals surface area contributed by atoms with Crippen LogP contribution in [0.4, 0.5) is 0 Å². The van der Waals surface area contributed by atoms with Crippen molar-refractivity contribution < 1.29 is 0 Å². The Morgan fingerprint density at radius 2 is 1.15 bits per heavy atom. The minimum Gasteiger partial charge on any atom is -0.0944 e. The van der Waals surface area contributed by atoms with Gasteiger partial charge in [0.05, 0.1) is 0 Å². The third-order valence-corrected chi connectivity index (χ3v) is 8.17. The van der Waals surface area contributed by atoms with Gasteiger partial charge in [-0.05, 0) is 17.2 Å². The topological polar surface area (TPSA) is 0 Å². The van der Waals surface area contributed by atoms with E-state index in [1.54, 1.807) is 24.3 Å². The van der Waals surface area contributed by atoms with Gasteiger partial charge in [0.1, 0.15) is 0 Å². The molecule has 8 heteroatoms. The highest BCUT2D eigenvalue weighted by Crippen LogP contribution is 2.68. The highest BCUT2D eigenvalue weighted by Gasteiger charge is 2.71. The van der Waals surface area contributed by atoms with E-state index < -0.39 is 17.3 Å². The van der Waals surface area contributed by atoms with Crippen LogP contribution < -0.4 is 0 Å². The molecule has 0 amide bonds. The summed E-state index contributed by atoms with van der Waals surface area (Å²) in [5.74, 6) is 0. The molecule has 0 spiro atoms. The van der Waals surface area contributed by atoms with E-state index in [0.717, 1.165) is 0 Å². The summed E-state index contributed by atoms with van der Waals surface area (Å²) >= 11 is 49.6. The van der Waals surface area contributed by atoms with Gasteiger partial charge in [0, 0.05) is 0 Å². The summed E-state index contributed by atoms with van der Waals surface area (Å²) in [6, 6.07) is 8.92. The Hall–Kier alpha value is 1.28. The van der Waals surface area contributed by atoms with E-state index in [-0.39, 0.29) is 0 Å². The monoisotopic (exact) mass is 430 g/mol. The standard InChI is InChI=1S/C12H6Cl8/c13-9(14)6-8(7-4-2-1-3-5-7)10(15,16)12(19,20)11(9,17)18/h1-6H. The summed E-state index contributed by atoms with van der Waals surface area (Å²) in [5, 5.41) is 0. The van der Waals surface area contributed by atoms with Gasteiger partial charge < -0.3 is 0 Å². The van der Waals surface area contributed by atoms with Gasteiger partial charge >= 0.3 is 0 Å². The molecule has 0 bridgehead atoms. The van der Waals surface area contributed by atoms with E-state index in [0.29, 0.717) is 11.1 Å². The summed E-state index contributed by atoms with van der Waals surface area (Å²) in [6.07, 6.45) is 1.36. The van der Waals surface area contributed by atoms with Gasteiger partial charge in [-0.15, -0.1) is 0 Å². The van der Waals surface area contributed by atoms with Crippen molar-refractivity contribution in [3.8, 4) is 0 Å². The average molecular weight is 434 g/mol. The number of rotatable bonds is 1. The zero-order chi connectivity index (χ0) is 15.4. The summed E-state index contributed by atoms with van der Waals surface area (Å²) in [5.41, 5.74) is 0.978. The number of hydrogen-bond acceptors (Lipinski definition) is 0. The molecule has 20 heavy (non-hydrogen) atoms. The molecule has 0 atom stereocenters. The largest absolute Gasteiger partial charge is 0.191 e. The maximum absolute atomic E-state index is 6.32. The Labute approximate surface area is 156 Å². The molecular formula is C12H6Cl8. The van der Waals surface area contributed by atoms with Gasteiger partial charge in [-0.3, -0.25) is 0 Å². The second kappa shape index (κ2) is 5.42. The Morgan fingerprint density at radius 1 is 0.650 bits per heavy atom. The fourth-order valence-corrected chi connectivity index (χ4v) is 4.21. The molecule has 0 saturated carbocycles. The quantitative estimate of drug-likeness (QED) is 0.428. The van der Waals surface area contributed by atoms with Crippen LogP contribution in [0.5, 0.6) is 0 Å². The Morgan fingerprint density at radius 3 is 1.65 bits per heavy atom. The minimum absolute atomic E-state index is 0.327. The van der Waals surface area contributed by atoms with Crippen molar-refractivity contribution in [3.05, 3.63) is 42.0 Å². The summed E-state index contributed by atoms with van der Waals surface area (Å²) in [4.78, 5) is 0. The Bertz CT molecular complexity index is 544. The van der Waals surface area contributed by atoms with Crippen molar-refractivity contribution in [2.75, 3.05) is 0 Å². The maximum Gasteiger partial charge on any atom is 0.191 e. The van der Waals surface area contributed by atoms with Crippen LogP contribution in [-0.4, -0.2) is 17.3 Å². The van der Waals surface area contributed by atoms with Gasteiger partial charge in [0.25, 0.3) is 0 Å². The number of benzene rings is 1. The van der Waals surface area contributed by atoms with Crippen LogP contribution in [-0.2, 0) is 0 Å². The molecule has 110 valence electrons. The Balaban J connectivity index is 2.73. The number of hydrogen-bond donors (Lipinski definition) is 0. The zero-order valence-corrected chi connectivity index (χ0v) is 15.5. The van der Waals surface area contributed by atoms with E-state index in [1.807, 2.05) is 6.07 Å². The third-order valence-electron chi connectivity index (χ3n) is 2.96. The molecule has 0 radical (unpaired) electrons. The highest BCUT2D eigenvalue weighted by molar-refractivity contribution is 6.76. The predicted octanol–water partition coefficient (Wildman–Crippen LogP) is 6.78. The molecule has 0 saturated heterocycles. The molecule has 1 aliphatic rings. The first-order chi connectivity index (χ1) is 8.95. The van der Waals surface area contributed by atoms with E-state index in [1.165, 1.54) is 6.08 Å². The lowest BCUT2D eigenvalue weighted by atomic mass is 9.90. The molecule has 0 unspecified atom stereocenters. The van der Waals surface area contributed by atoms with E-state index in [9.17, 15) is 0 Å². The lowest BCUT2D eigenvalue weighted by Gasteiger charge is -2.50. The van der Waals surface area contributed by atoms with Crippen LogP contribution in [0.25, 0.3) is 5.57 Å². The first-order valence-corrected chi connectivity index (χ1v) is 8.27. The molecule has 0 nitrogen and oxygen atoms in total. The normalized spacial score (nSPS) is 25.9. The molecule has 1 aromatic carbocycles. The molecule has 0 aromatic heterocycles. The van der Waals surface area contributed by atoms with E-state index >= 15 is 0 Å². The van der Waals surface area contributed by atoms with Crippen LogP contribution in [0.1, 0.15) is 5.56 Å². The van der Waals surface area contributed by atoms with Crippen molar-refractivity contribution in [2.45, 2.75) is 17.3 Å². The summed E-state index contributed by atoms with van der Waals surface area (Å²) in [7, 11) is 0. The summed E-state index contributed by atoms with van der Waals surface area (Å²) in [6.45, 7) is 0. The predicted molar refractivity (Wildman–Crippen MR) is 92.2 cm³/mol. The fraction of sp³-hybridized carbons (Fsp3) is 0.333. The third kappa shape index (κ3) is 2.45. The van der Waals surface area contributed by atoms with Crippen LogP contribution in [0.2, 0.25) is 0 Å². The average Bonchev–Trinajstić information content (AvgIpc) is 2.35. The van der Waals surface area contributed by atoms with E-state index in [4.69, 9.17) is 92.8 Å². The molecule has 0 heterocycles. The molecule has 2 rings (SSSR count). The van der Waals surface area contributed by atoms with Crippen LogP contribution in [0, 0.1) is 0 Å². The van der Waals surface area contributed by atoms with Crippen molar-refractivity contribution >= 4 is 98.4 Å². The lowest BCUT2D eigenvalue weighted by molar-refractivity contribution is 0.601. The van der Waals surface area contributed by atoms with Gasteiger partial charge in [0.15, 0.2) is 17.3 Å². The van der Waals surface area contributed by atoms with Gasteiger partial charge in [-0.1, -0.05) is 123 Å². The van der Waals surface area contributed by atoms with Gasteiger partial charge in [-0.25, -0.2) is 0 Å². The smallest absolute Gasteiger partial charge is 0.0944 e. The fourth-order valence-electron chi connectivity index (χ4n) is 1.82. The second-order valence-corrected chi connectivity index (χ2v) is 9.64. The molecule has 0 aliphatic heterocycles. The van der Waals surface area contributed by atoms with Crippen molar-refractivity contribution in [1.29, 1.82) is 0 Å². The van der Waals surface area contributed by atoms with Crippen LogP contribution in [0.3, 0.4) is 0 Å². The highest BCUT2D eigenvalue weighted by atomic mass is 35.6. The second-order valence-electron chi connectivity index (χ2n) is 4.27. The molecule has 0 N–H and O–H groups in total. The molecule has 1 aliphatic carbocycles. The van der Waals surface area contributed by atoms with Gasteiger partial charge in [0.2, 0.25) is 0 Å². The first-order valence-electron chi connectivity index (χ1n) is 5.25. The van der Waals surface area contributed by atoms with Gasteiger partial charge in [-0.2, -0.15) is 0 Å². The van der Waals surface area contributed by atoms with E-state index in [2.05, 4.69) is 0 Å². The zero-order valence-electron chi connectivity index (χ0n) is 9.49. The number of allylic oxidation sites excluding steroid dienone is 2. The van der Waals surface area contributed by atoms with Crippen molar-refractivity contribution in [1.82, 2.24) is 0 Å². The molecule has 1 aromatic rings. The van der Waals surface area contributed by atoms with Crippen LogP contribution in [0.15, 0.2) is 36.4 Å². The Kier molecular flexibility index (Phi) is 4.78. The molecule has 0 fully saturated rings. The maximum atomic E-state index is 6.32. The molecular weight excluding hydrogens is 428 g/mol. The summed E-state index contributed by atoms with van der Waals surface area (Å²) < 4.78 is -7.66.